The molecule has 6 heteroatoms. The molecule has 0 radical (unpaired) electrons. The van der Waals surface area contributed by atoms with Gasteiger partial charge in [0.2, 0.25) is 0 Å². The van der Waals surface area contributed by atoms with Crippen molar-refractivity contribution in [2.45, 2.75) is 37.8 Å². The Morgan fingerprint density at radius 2 is 1.93 bits per heavy atom. The molecule has 30 heavy (non-hydrogen) atoms. The Morgan fingerprint density at radius 1 is 1.13 bits per heavy atom. The third-order valence-electron chi connectivity index (χ3n) is 6.25. The molecule has 1 aliphatic carbocycles. The zero-order valence-corrected chi connectivity index (χ0v) is 17.3. The predicted molar refractivity (Wildman–Crippen MR) is 116 cm³/mol. The summed E-state index contributed by atoms with van der Waals surface area (Å²) in [5, 5.41) is 4.58. The quantitative estimate of drug-likeness (QED) is 0.568. The minimum absolute atomic E-state index is 0.244. The zero-order valence-electron chi connectivity index (χ0n) is 16.6. The van der Waals surface area contributed by atoms with Gasteiger partial charge in [0.05, 0.1) is 29.8 Å². The number of fused-ring (bicyclic) bond motifs is 2. The van der Waals surface area contributed by atoms with Crippen LogP contribution in [0.5, 0.6) is 0 Å². The number of aryl methyl sites for hydroxylation is 1. The average Bonchev–Trinajstić information content (AvgIpc) is 3.36. The molecule has 1 N–H and O–H groups in total. The molecule has 0 amide bonds. The maximum absolute atomic E-state index is 13.3. The molecule has 1 unspecified atom stereocenters. The molecule has 3 aromatic rings. The Balaban J connectivity index is 1.43. The first-order valence-electron chi connectivity index (χ1n) is 10.3. The highest BCUT2D eigenvalue weighted by molar-refractivity contribution is 6.13. The summed E-state index contributed by atoms with van der Waals surface area (Å²) in [7, 11) is 0. The number of benzene rings is 2. The summed E-state index contributed by atoms with van der Waals surface area (Å²) < 4.78 is 21.6. The van der Waals surface area contributed by atoms with Crippen LogP contribution in [-0.2, 0) is 24.1 Å². The van der Waals surface area contributed by atoms with Crippen LogP contribution < -0.4 is 4.84 Å². The Morgan fingerprint density at radius 3 is 2.73 bits per heavy atom. The Hall–Kier alpha value is -2.47. The fourth-order valence-electron chi connectivity index (χ4n) is 4.69. The highest BCUT2D eigenvalue weighted by Gasteiger charge is 2.43. The van der Waals surface area contributed by atoms with Gasteiger partial charge in [-0.2, -0.15) is 5.10 Å². The van der Waals surface area contributed by atoms with Gasteiger partial charge in [-0.05, 0) is 78.1 Å². The Kier molecular flexibility index (Phi) is 5.19. The van der Waals surface area contributed by atoms with E-state index < -0.39 is 0 Å². The summed E-state index contributed by atoms with van der Waals surface area (Å²) in [5.41, 5.74) is 6.67. The van der Waals surface area contributed by atoms with Crippen molar-refractivity contribution >= 4 is 17.9 Å². The summed E-state index contributed by atoms with van der Waals surface area (Å²) >= 11 is 5.75. The van der Waals surface area contributed by atoms with Gasteiger partial charge in [0, 0.05) is 18.5 Å². The normalized spacial score (nSPS) is 20.0. The predicted octanol–water partition coefficient (Wildman–Crippen LogP) is 4.99. The minimum atomic E-state index is -0.273. The van der Waals surface area contributed by atoms with Gasteiger partial charge in [-0.3, -0.25) is 0 Å². The SMILES string of the molecule is Fc1ccc(-n2ncc3c2C=C2CCOC2(CCc2ccccc2CNCl)C3)cc1. The Bertz CT molecular complexity index is 1090. The van der Waals surface area contributed by atoms with Crippen molar-refractivity contribution in [2.24, 2.45) is 0 Å². The first kappa shape index (κ1) is 19.5. The molecule has 2 aromatic carbocycles. The number of aromatic nitrogens is 2. The molecule has 1 fully saturated rings. The lowest BCUT2D eigenvalue weighted by molar-refractivity contribution is 0.0175. The van der Waals surface area contributed by atoms with E-state index in [0.29, 0.717) is 6.54 Å². The summed E-state index contributed by atoms with van der Waals surface area (Å²) in [6.45, 7) is 1.38. The highest BCUT2D eigenvalue weighted by Crippen LogP contribution is 2.44. The summed E-state index contributed by atoms with van der Waals surface area (Å²) in [5.74, 6) is -0.244. The second kappa shape index (κ2) is 7.99. The molecule has 154 valence electrons. The van der Waals surface area contributed by atoms with Crippen LogP contribution in [0.3, 0.4) is 0 Å². The van der Waals surface area contributed by atoms with E-state index in [0.717, 1.165) is 43.7 Å². The van der Waals surface area contributed by atoms with E-state index in [1.54, 1.807) is 12.1 Å². The second-order valence-corrected chi connectivity index (χ2v) is 8.23. The smallest absolute Gasteiger partial charge is 0.123 e. The number of nitrogens with zero attached hydrogens (tertiary/aromatic N) is 2. The van der Waals surface area contributed by atoms with Gasteiger partial charge in [0.15, 0.2) is 0 Å². The topological polar surface area (TPSA) is 39.1 Å². The van der Waals surface area contributed by atoms with E-state index >= 15 is 0 Å². The molecule has 4 nitrogen and oxygen atoms in total. The third-order valence-corrected chi connectivity index (χ3v) is 6.39. The van der Waals surface area contributed by atoms with Crippen LogP contribution in [0.4, 0.5) is 4.39 Å². The van der Waals surface area contributed by atoms with Gasteiger partial charge in [0.25, 0.3) is 0 Å². The molecule has 0 bridgehead atoms. The van der Waals surface area contributed by atoms with Crippen LogP contribution in [0.25, 0.3) is 11.8 Å². The van der Waals surface area contributed by atoms with Crippen LogP contribution in [0.15, 0.2) is 60.3 Å². The van der Waals surface area contributed by atoms with E-state index in [1.807, 2.05) is 16.9 Å². The van der Waals surface area contributed by atoms with E-state index in [-0.39, 0.29) is 11.4 Å². The lowest BCUT2D eigenvalue weighted by Crippen LogP contribution is -2.35. The van der Waals surface area contributed by atoms with Crippen LogP contribution in [-0.4, -0.2) is 22.0 Å². The summed E-state index contributed by atoms with van der Waals surface area (Å²) in [6, 6.07) is 14.8. The lowest BCUT2D eigenvalue weighted by Gasteiger charge is -2.33. The van der Waals surface area contributed by atoms with Crippen LogP contribution in [0.2, 0.25) is 0 Å². The molecule has 1 aliphatic heterocycles. The van der Waals surface area contributed by atoms with Crippen molar-refractivity contribution in [1.29, 1.82) is 0 Å². The van der Waals surface area contributed by atoms with E-state index in [2.05, 4.69) is 34.2 Å². The number of hydrogen-bond donors (Lipinski definition) is 1. The van der Waals surface area contributed by atoms with Crippen molar-refractivity contribution in [1.82, 2.24) is 14.6 Å². The van der Waals surface area contributed by atoms with Crippen LogP contribution in [0, 0.1) is 5.82 Å². The summed E-state index contributed by atoms with van der Waals surface area (Å²) in [6.07, 6.45) is 7.73. The second-order valence-electron chi connectivity index (χ2n) is 7.96. The molecule has 1 atom stereocenters. The van der Waals surface area contributed by atoms with E-state index in [1.165, 1.54) is 34.4 Å². The van der Waals surface area contributed by atoms with Crippen LogP contribution >= 0.6 is 11.8 Å². The van der Waals surface area contributed by atoms with Crippen molar-refractivity contribution < 1.29 is 9.13 Å². The van der Waals surface area contributed by atoms with Gasteiger partial charge in [-0.25, -0.2) is 13.9 Å². The van der Waals surface area contributed by atoms with Gasteiger partial charge >= 0.3 is 0 Å². The standard InChI is InChI=1S/C24H23ClFN3O/c25-27-15-18-4-2-1-3-17(18)9-11-24-14-19-16-28-29(22-7-5-21(26)6-8-22)23(19)13-20(24)10-12-30-24/h1-8,13,16,27H,9-12,14-15H2. The molecular formula is C24H23ClFN3O. The van der Waals surface area contributed by atoms with E-state index in [4.69, 9.17) is 16.5 Å². The van der Waals surface area contributed by atoms with Gasteiger partial charge < -0.3 is 4.74 Å². The third kappa shape index (κ3) is 3.47. The fourth-order valence-corrected chi connectivity index (χ4v) is 4.84. The largest absolute Gasteiger partial charge is 0.370 e. The minimum Gasteiger partial charge on any atom is -0.370 e. The monoisotopic (exact) mass is 423 g/mol. The average molecular weight is 424 g/mol. The first-order chi connectivity index (χ1) is 14.7. The van der Waals surface area contributed by atoms with Crippen molar-refractivity contribution in [2.75, 3.05) is 6.61 Å². The number of ether oxygens (including phenoxy) is 1. The summed E-state index contributed by atoms with van der Waals surface area (Å²) in [4.78, 5) is 2.74. The van der Waals surface area contributed by atoms with Crippen LogP contribution in [0.1, 0.15) is 35.2 Å². The maximum Gasteiger partial charge on any atom is 0.123 e. The molecule has 0 spiro atoms. The molecular weight excluding hydrogens is 401 g/mol. The van der Waals surface area contributed by atoms with E-state index in [9.17, 15) is 4.39 Å². The molecule has 2 heterocycles. The molecule has 5 rings (SSSR count). The van der Waals surface area contributed by atoms with Crippen molar-refractivity contribution in [3.8, 4) is 5.69 Å². The number of hydrogen-bond acceptors (Lipinski definition) is 3. The molecule has 1 aromatic heterocycles. The highest BCUT2D eigenvalue weighted by atomic mass is 35.5. The number of halogens is 2. The van der Waals surface area contributed by atoms with Crippen molar-refractivity contribution in [3.05, 3.63) is 88.5 Å². The first-order valence-corrected chi connectivity index (χ1v) is 10.6. The lowest BCUT2D eigenvalue weighted by atomic mass is 9.78. The van der Waals surface area contributed by atoms with Gasteiger partial charge in [0.1, 0.15) is 5.82 Å². The molecule has 2 aliphatic rings. The molecule has 0 saturated carbocycles. The zero-order chi connectivity index (χ0) is 20.6. The van der Waals surface area contributed by atoms with Gasteiger partial charge in [-0.15, -0.1) is 0 Å². The van der Waals surface area contributed by atoms with Crippen molar-refractivity contribution in [3.63, 3.8) is 0 Å². The molecule has 1 saturated heterocycles. The number of nitrogens with one attached hydrogen (secondary N) is 1. The van der Waals surface area contributed by atoms with Gasteiger partial charge in [-0.1, -0.05) is 24.3 Å². The fraction of sp³-hybridized carbons (Fsp3) is 0.292. The Labute approximate surface area is 180 Å². The maximum atomic E-state index is 13.3. The number of rotatable bonds is 6.